The predicted octanol–water partition coefficient (Wildman–Crippen LogP) is 1.97. The summed E-state index contributed by atoms with van der Waals surface area (Å²) in [6.07, 6.45) is 4.64. The van der Waals surface area contributed by atoms with Gasteiger partial charge in [0, 0.05) is 11.1 Å². The van der Waals surface area contributed by atoms with Crippen LogP contribution in [0.3, 0.4) is 0 Å². The van der Waals surface area contributed by atoms with Crippen LogP contribution < -0.4 is 5.32 Å². The minimum Gasteiger partial charge on any atom is -0.375 e. The Morgan fingerprint density at radius 3 is 2.47 bits per heavy atom. The molecule has 2 N–H and O–H groups in total. The van der Waals surface area contributed by atoms with E-state index in [1.165, 1.54) is 0 Å². The van der Waals surface area contributed by atoms with Gasteiger partial charge >= 0.3 is 0 Å². The number of nitrogens with one attached hydrogen (secondary N) is 1. The fourth-order valence-electron chi connectivity index (χ4n) is 1.65. The van der Waals surface area contributed by atoms with E-state index in [-0.39, 0.29) is 5.91 Å². The zero-order valence-corrected chi connectivity index (χ0v) is 10.1. The van der Waals surface area contributed by atoms with Gasteiger partial charge in [-0.15, -0.1) is 0 Å². The molecule has 0 aromatic heterocycles. The van der Waals surface area contributed by atoms with Crippen molar-refractivity contribution in [3.05, 3.63) is 11.8 Å². The lowest BCUT2D eigenvalue weighted by Gasteiger charge is -2.32. The van der Waals surface area contributed by atoms with Gasteiger partial charge in [-0.05, 0) is 18.9 Å². The highest BCUT2D eigenvalue weighted by atomic mass is 16.3. The van der Waals surface area contributed by atoms with E-state index in [0.717, 1.165) is 25.0 Å². The van der Waals surface area contributed by atoms with Crippen molar-refractivity contribution >= 4 is 5.91 Å². The smallest absolute Gasteiger partial charge is 0.260 e. The number of hydrogen-bond donors (Lipinski definition) is 2. The van der Waals surface area contributed by atoms with E-state index in [1.807, 2.05) is 20.8 Å². The normalized spacial score (nSPS) is 26.5. The van der Waals surface area contributed by atoms with Crippen molar-refractivity contribution in [2.24, 2.45) is 5.41 Å². The van der Waals surface area contributed by atoms with Crippen LogP contribution in [0.15, 0.2) is 11.8 Å². The van der Waals surface area contributed by atoms with Crippen molar-refractivity contribution < 1.29 is 9.90 Å². The van der Waals surface area contributed by atoms with Crippen LogP contribution in [-0.2, 0) is 4.79 Å². The molecule has 1 unspecified atom stereocenters. The molecule has 0 spiro atoms. The first kappa shape index (κ1) is 12.2. The summed E-state index contributed by atoms with van der Waals surface area (Å²) in [6, 6.07) is 0. The fraction of sp³-hybridized carbons (Fsp3) is 0.750. The lowest BCUT2D eigenvalue weighted by molar-refractivity contribution is -0.141. The van der Waals surface area contributed by atoms with E-state index < -0.39 is 11.0 Å². The minimum absolute atomic E-state index is 0.291. The molecular weight excluding hydrogens is 190 g/mol. The lowest BCUT2D eigenvalue weighted by Crippen LogP contribution is -2.49. The number of carbonyl (C=O) groups is 1. The molecule has 0 aromatic rings. The van der Waals surface area contributed by atoms with Gasteiger partial charge in [0.05, 0.1) is 0 Å². The van der Waals surface area contributed by atoms with E-state index >= 15 is 0 Å². The van der Waals surface area contributed by atoms with E-state index in [0.29, 0.717) is 0 Å². The average molecular weight is 211 g/mol. The van der Waals surface area contributed by atoms with Crippen LogP contribution in [0.5, 0.6) is 0 Å². The summed E-state index contributed by atoms with van der Waals surface area (Å²) in [5.74, 6) is -0.291. The Hall–Kier alpha value is -0.830. The summed E-state index contributed by atoms with van der Waals surface area (Å²) in [4.78, 5) is 11.7. The van der Waals surface area contributed by atoms with Crippen LogP contribution in [0.1, 0.15) is 47.0 Å². The predicted molar refractivity (Wildman–Crippen MR) is 60.2 cm³/mol. The molecule has 0 bridgehead atoms. The SMILES string of the molecule is CCCCC1=CC(O)(C(C)(C)C)C(=O)N1. The summed E-state index contributed by atoms with van der Waals surface area (Å²) >= 11 is 0. The van der Waals surface area contributed by atoms with Crippen molar-refractivity contribution in [2.45, 2.75) is 52.6 Å². The van der Waals surface area contributed by atoms with Crippen molar-refractivity contribution in [3.8, 4) is 0 Å². The van der Waals surface area contributed by atoms with Gasteiger partial charge in [-0.25, -0.2) is 0 Å². The highest BCUT2D eigenvalue weighted by Gasteiger charge is 2.48. The Morgan fingerprint density at radius 1 is 1.47 bits per heavy atom. The van der Waals surface area contributed by atoms with Crippen LogP contribution in [0.2, 0.25) is 0 Å². The van der Waals surface area contributed by atoms with Crippen LogP contribution in [0.25, 0.3) is 0 Å². The van der Waals surface area contributed by atoms with Crippen LogP contribution in [0, 0.1) is 5.41 Å². The molecule has 0 saturated heterocycles. The first-order valence-corrected chi connectivity index (χ1v) is 5.57. The largest absolute Gasteiger partial charge is 0.375 e. The maximum absolute atomic E-state index is 11.7. The maximum atomic E-state index is 11.7. The van der Waals surface area contributed by atoms with Gasteiger partial charge in [0.15, 0.2) is 5.60 Å². The molecule has 86 valence electrons. The first-order chi connectivity index (χ1) is 6.81. The molecular formula is C12H21NO2. The number of allylic oxidation sites excluding steroid dienone is 1. The van der Waals surface area contributed by atoms with E-state index in [9.17, 15) is 9.90 Å². The van der Waals surface area contributed by atoms with Crippen LogP contribution in [-0.4, -0.2) is 16.6 Å². The number of amides is 1. The van der Waals surface area contributed by atoms with Crippen molar-refractivity contribution in [2.75, 3.05) is 0 Å². The Bertz CT molecular complexity index is 288. The molecule has 0 aliphatic carbocycles. The molecule has 1 atom stereocenters. The van der Waals surface area contributed by atoms with E-state index in [2.05, 4.69) is 12.2 Å². The maximum Gasteiger partial charge on any atom is 0.260 e. The number of hydrogen-bond acceptors (Lipinski definition) is 2. The Kier molecular flexibility index (Phi) is 3.24. The number of aliphatic hydroxyl groups is 1. The minimum atomic E-state index is -1.35. The van der Waals surface area contributed by atoms with Gasteiger partial charge < -0.3 is 10.4 Å². The summed E-state index contributed by atoms with van der Waals surface area (Å²) < 4.78 is 0. The highest BCUT2D eigenvalue weighted by Crippen LogP contribution is 2.36. The third-order valence-corrected chi connectivity index (χ3v) is 2.95. The topological polar surface area (TPSA) is 49.3 Å². The van der Waals surface area contributed by atoms with Crippen molar-refractivity contribution in [1.29, 1.82) is 0 Å². The molecule has 3 nitrogen and oxygen atoms in total. The molecule has 1 heterocycles. The van der Waals surface area contributed by atoms with Crippen molar-refractivity contribution in [1.82, 2.24) is 5.32 Å². The molecule has 1 amide bonds. The van der Waals surface area contributed by atoms with Gasteiger partial charge in [0.2, 0.25) is 0 Å². The first-order valence-electron chi connectivity index (χ1n) is 5.57. The summed E-state index contributed by atoms with van der Waals surface area (Å²) in [7, 11) is 0. The average Bonchev–Trinajstić information content (AvgIpc) is 2.39. The summed E-state index contributed by atoms with van der Waals surface area (Å²) in [5, 5.41) is 13.0. The van der Waals surface area contributed by atoms with Crippen molar-refractivity contribution in [3.63, 3.8) is 0 Å². The van der Waals surface area contributed by atoms with Crippen LogP contribution in [0.4, 0.5) is 0 Å². The van der Waals surface area contributed by atoms with Gasteiger partial charge in [-0.1, -0.05) is 34.1 Å². The number of unbranched alkanes of at least 4 members (excludes halogenated alkanes) is 1. The second-order valence-corrected chi connectivity index (χ2v) is 5.24. The molecule has 0 radical (unpaired) electrons. The Balaban J connectivity index is 2.84. The monoisotopic (exact) mass is 211 g/mol. The van der Waals surface area contributed by atoms with E-state index in [4.69, 9.17) is 0 Å². The third kappa shape index (κ3) is 2.23. The molecule has 0 fully saturated rings. The van der Waals surface area contributed by atoms with Gasteiger partial charge in [0.25, 0.3) is 5.91 Å². The highest BCUT2D eigenvalue weighted by molar-refractivity contribution is 5.92. The quantitative estimate of drug-likeness (QED) is 0.749. The van der Waals surface area contributed by atoms with Crippen LogP contribution >= 0.6 is 0 Å². The number of carbonyl (C=O) groups excluding carboxylic acids is 1. The van der Waals surface area contributed by atoms with Gasteiger partial charge in [-0.2, -0.15) is 0 Å². The molecule has 1 aliphatic heterocycles. The second kappa shape index (κ2) is 3.97. The second-order valence-electron chi connectivity index (χ2n) is 5.24. The fourth-order valence-corrected chi connectivity index (χ4v) is 1.65. The lowest BCUT2D eigenvalue weighted by atomic mass is 9.76. The number of rotatable bonds is 3. The molecule has 1 rings (SSSR count). The zero-order valence-electron chi connectivity index (χ0n) is 10.1. The molecule has 15 heavy (non-hydrogen) atoms. The molecule has 0 saturated carbocycles. The molecule has 0 aromatic carbocycles. The Morgan fingerprint density at radius 2 is 2.07 bits per heavy atom. The summed E-state index contributed by atoms with van der Waals surface area (Å²) in [5.41, 5.74) is -0.958. The molecule has 3 heteroatoms. The van der Waals surface area contributed by atoms with Gasteiger partial charge in [-0.3, -0.25) is 4.79 Å². The Labute approximate surface area is 91.6 Å². The zero-order chi connectivity index (χ0) is 11.7. The third-order valence-electron chi connectivity index (χ3n) is 2.95. The summed E-state index contributed by atoms with van der Waals surface area (Å²) in [6.45, 7) is 7.71. The van der Waals surface area contributed by atoms with Gasteiger partial charge in [0.1, 0.15) is 0 Å². The standard InChI is InChI=1S/C12H21NO2/c1-5-6-7-9-8-12(15,10(14)13-9)11(2,3)4/h8,15H,5-7H2,1-4H3,(H,13,14). The molecule has 1 aliphatic rings. The van der Waals surface area contributed by atoms with E-state index in [1.54, 1.807) is 6.08 Å².